The van der Waals surface area contributed by atoms with Gasteiger partial charge in [0.15, 0.2) is 0 Å². The first-order valence-electron chi connectivity index (χ1n) is 11.5. The van der Waals surface area contributed by atoms with Gasteiger partial charge in [-0.1, -0.05) is 60.7 Å². The predicted octanol–water partition coefficient (Wildman–Crippen LogP) is 4.06. The van der Waals surface area contributed by atoms with E-state index in [-0.39, 0.29) is 18.5 Å². The van der Waals surface area contributed by atoms with E-state index in [4.69, 9.17) is 5.26 Å². The highest BCUT2D eigenvalue weighted by Gasteiger charge is 2.27. The third kappa shape index (κ3) is 5.69. The number of amides is 1. The Balaban J connectivity index is 1.36. The van der Waals surface area contributed by atoms with Crippen molar-refractivity contribution in [2.45, 2.75) is 12.6 Å². The lowest BCUT2D eigenvalue weighted by Crippen LogP contribution is -2.50. The van der Waals surface area contributed by atoms with Gasteiger partial charge in [-0.2, -0.15) is 5.26 Å². The van der Waals surface area contributed by atoms with Gasteiger partial charge in [0.05, 0.1) is 24.2 Å². The first-order valence-corrected chi connectivity index (χ1v) is 11.5. The molecule has 6 heteroatoms. The van der Waals surface area contributed by atoms with Gasteiger partial charge in [-0.15, -0.1) is 0 Å². The largest absolute Gasteiger partial charge is 0.340 e. The second-order valence-electron chi connectivity index (χ2n) is 8.70. The van der Waals surface area contributed by atoms with Gasteiger partial charge in [-0.05, 0) is 29.3 Å². The van der Waals surface area contributed by atoms with Gasteiger partial charge < -0.3 is 4.90 Å². The molecule has 1 aliphatic rings. The number of hydrogen-bond donors (Lipinski definition) is 0. The van der Waals surface area contributed by atoms with Gasteiger partial charge in [0.1, 0.15) is 5.82 Å². The van der Waals surface area contributed by atoms with Crippen LogP contribution in [0.4, 0.5) is 4.39 Å². The molecular weight excluding hydrogens is 427 g/mol. The van der Waals surface area contributed by atoms with Gasteiger partial charge in [-0.25, -0.2) is 4.39 Å². The van der Waals surface area contributed by atoms with Crippen LogP contribution in [0.3, 0.4) is 0 Å². The summed E-state index contributed by atoms with van der Waals surface area (Å²) in [5.74, 6) is -0.460. The summed E-state index contributed by atoms with van der Waals surface area (Å²) in [6.07, 6.45) is 0. The average molecular weight is 457 g/mol. The summed E-state index contributed by atoms with van der Waals surface area (Å²) < 4.78 is 14.1. The lowest BCUT2D eigenvalue weighted by molar-refractivity contribution is -0.132. The summed E-state index contributed by atoms with van der Waals surface area (Å²) in [6.45, 7) is 3.71. The zero-order valence-electron chi connectivity index (χ0n) is 19.4. The lowest BCUT2D eigenvalue weighted by atomic mass is 9.96. The van der Waals surface area contributed by atoms with Crippen molar-refractivity contribution in [1.82, 2.24) is 14.7 Å². The molecule has 0 aliphatic carbocycles. The Labute approximate surface area is 200 Å². The molecule has 1 saturated heterocycles. The van der Waals surface area contributed by atoms with Crippen LogP contribution in [0.1, 0.15) is 28.3 Å². The Morgan fingerprint density at radius 3 is 2.12 bits per heavy atom. The maximum atomic E-state index is 14.1. The maximum absolute atomic E-state index is 14.1. The Hall–Kier alpha value is -3.53. The molecule has 0 spiro atoms. The van der Waals surface area contributed by atoms with Crippen LogP contribution in [-0.2, 0) is 11.3 Å². The fourth-order valence-electron chi connectivity index (χ4n) is 4.49. The minimum absolute atomic E-state index is 0.0575. The van der Waals surface area contributed by atoms with Crippen LogP contribution >= 0.6 is 0 Å². The molecule has 0 unspecified atom stereocenters. The molecule has 174 valence electrons. The fraction of sp³-hybridized carbons (Fsp3) is 0.286. The van der Waals surface area contributed by atoms with E-state index in [1.807, 2.05) is 18.2 Å². The Morgan fingerprint density at radius 2 is 1.56 bits per heavy atom. The summed E-state index contributed by atoms with van der Waals surface area (Å²) in [5.41, 5.74) is 3.27. The number of nitrogens with zero attached hydrogens (tertiary/aromatic N) is 4. The van der Waals surface area contributed by atoms with E-state index in [9.17, 15) is 9.18 Å². The minimum Gasteiger partial charge on any atom is -0.340 e. The molecular formula is C28H29FN4O. The van der Waals surface area contributed by atoms with Crippen LogP contribution in [0, 0.1) is 17.1 Å². The zero-order valence-corrected chi connectivity index (χ0v) is 19.4. The Bertz CT molecular complexity index is 1100. The third-order valence-corrected chi connectivity index (χ3v) is 6.37. The number of likely N-dealkylation sites (N-methyl/N-ethyl adjacent to an activating group) is 1. The summed E-state index contributed by atoms with van der Waals surface area (Å²) in [7, 11) is 1.68. The van der Waals surface area contributed by atoms with Crippen LogP contribution in [0.25, 0.3) is 0 Å². The van der Waals surface area contributed by atoms with E-state index in [0.717, 1.165) is 26.2 Å². The summed E-state index contributed by atoms with van der Waals surface area (Å²) in [4.78, 5) is 19.0. The van der Waals surface area contributed by atoms with Crippen molar-refractivity contribution in [2.24, 2.45) is 0 Å². The van der Waals surface area contributed by atoms with E-state index in [0.29, 0.717) is 17.7 Å². The van der Waals surface area contributed by atoms with Gasteiger partial charge in [0.25, 0.3) is 0 Å². The van der Waals surface area contributed by atoms with Crippen LogP contribution < -0.4 is 0 Å². The maximum Gasteiger partial charge on any atom is 0.236 e. The van der Waals surface area contributed by atoms with Crippen molar-refractivity contribution < 1.29 is 9.18 Å². The second-order valence-corrected chi connectivity index (χ2v) is 8.70. The minimum atomic E-state index is -0.403. The van der Waals surface area contributed by atoms with Crippen molar-refractivity contribution in [3.8, 4) is 6.07 Å². The van der Waals surface area contributed by atoms with Gasteiger partial charge >= 0.3 is 0 Å². The Morgan fingerprint density at radius 1 is 0.971 bits per heavy atom. The normalized spacial score (nSPS) is 14.6. The molecule has 3 aromatic carbocycles. The first kappa shape index (κ1) is 23.6. The summed E-state index contributed by atoms with van der Waals surface area (Å²) in [5, 5.41) is 9.05. The number of benzene rings is 3. The van der Waals surface area contributed by atoms with E-state index < -0.39 is 5.82 Å². The van der Waals surface area contributed by atoms with Crippen LogP contribution in [0.15, 0.2) is 78.9 Å². The molecule has 0 bridgehead atoms. The van der Waals surface area contributed by atoms with Gasteiger partial charge in [-0.3, -0.25) is 14.6 Å². The number of carbonyl (C=O) groups is 1. The summed E-state index contributed by atoms with van der Waals surface area (Å²) in [6, 6.07) is 27.5. The molecule has 0 aromatic heterocycles. The molecule has 1 fully saturated rings. The lowest BCUT2D eigenvalue weighted by Gasteiger charge is -2.40. The molecule has 0 N–H and O–H groups in total. The van der Waals surface area contributed by atoms with Gasteiger partial charge in [0.2, 0.25) is 5.91 Å². The number of nitriles is 1. The van der Waals surface area contributed by atoms with Crippen LogP contribution in [-0.4, -0.2) is 60.4 Å². The number of carbonyl (C=O) groups excluding carboxylic acids is 1. The predicted molar refractivity (Wildman–Crippen MR) is 130 cm³/mol. The monoisotopic (exact) mass is 456 g/mol. The van der Waals surface area contributed by atoms with Crippen molar-refractivity contribution in [2.75, 3.05) is 39.8 Å². The quantitative estimate of drug-likeness (QED) is 0.538. The molecule has 0 saturated carbocycles. The number of halogens is 1. The van der Waals surface area contributed by atoms with Crippen molar-refractivity contribution in [1.29, 1.82) is 5.26 Å². The molecule has 1 amide bonds. The van der Waals surface area contributed by atoms with Crippen LogP contribution in [0.5, 0.6) is 0 Å². The molecule has 1 aliphatic heterocycles. The first-order chi connectivity index (χ1) is 16.5. The van der Waals surface area contributed by atoms with E-state index in [1.165, 1.54) is 34.2 Å². The SMILES string of the molecule is CN(Cc1cc(C#N)ccc1F)C(=O)CN1CCN(C(c2ccccc2)c2ccccc2)CC1. The van der Waals surface area contributed by atoms with Crippen molar-refractivity contribution in [3.63, 3.8) is 0 Å². The van der Waals surface area contributed by atoms with Crippen LogP contribution in [0.2, 0.25) is 0 Å². The standard InChI is InChI=1S/C28H29FN4O/c1-31(20-25-18-22(19-30)12-13-26(25)29)27(34)21-32-14-16-33(17-15-32)28(23-8-4-2-5-9-23)24-10-6-3-7-11-24/h2-13,18,28H,14-17,20-21H2,1H3. The molecule has 0 atom stereocenters. The van der Waals surface area contributed by atoms with Crippen molar-refractivity contribution >= 4 is 5.91 Å². The second kappa shape index (κ2) is 11.1. The average Bonchev–Trinajstić information content (AvgIpc) is 2.88. The third-order valence-electron chi connectivity index (χ3n) is 6.37. The van der Waals surface area contributed by atoms with Crippen molar-refractivity contribution in [3.05, 3.63) is 107 Å². The van der Waals surface area contributed by atoms with E-state index in [2.05, 4.69) is 58.3 Å². The molecule has 0 radical (unpaired) electrons. The summed E-state index contributed by atoms with van der Waals surface area (Å²) >= 11 is 0. The zero-order chi connectivity index (χ0) is 23.9. The molecule has 4 rings (SSSR count). The van der Waals surface area contributed by atoms with E-state index >= 15 is 0 Å². The number of rotatable bonds is 7. The smallest absolute Gasteiger partial charge is 0.236 e. The number of hydrogen-bond acceptors (Lipinski definition) is 4. The highest BCUT2D eigenvalue weighted by atomic mass is 19.1. The molecule has 1 heterocycles. The molecule has 34 heavy (non-hydrogen) atoms. The molecule has 3 aromatic rings. The highest BCUT2D eigenvalue weighted by Crippen LogP contribution is 2.29. The van der Waals surface area contributed by atoms with E-state index in [1.54, 1.807) is 7.05 Å². The highest BCUT2D eigenvalue weighted by molar-refractivity contribution is 5.78. The fourth-order valence-corrected chi connectivity index (χ4v) is 4.49. The number of piperazine rings is 1. The molecule has 5 nitrogen and oxygen atoms in total. The van der Waals surface area contributed by atoms with Gasteiger partial charge in [0, 0.05) is 45.3 Å². The topological polar surface area (TPSA) is 50.6 Å². The Kier molecular flexibility index (Phi) is 7.69.